The van der Waals surface area contributed by atoms with Gasteiger partial charge in [-0.15, -0.1) is 5.10 Å². The summed E-state index contributed by atoms with van der Waals surface area (Å²) in [4.78, 5) is 23.8. The number of aromatic nitrogens is 5. The van der Waals surface area contributed by atoms with Crippen LogP contribution >= 0.6 is 0 Å². The number of rotatable bonds is 4. The Kier molecular flexibility index (Phi) is 3.93. The molecule has 20 heavy (non-hydrogen) atoms. The van der Waals surface area contributed by atoms with E-state index in [0.717, 1.165) is 10.5 Å². The van der Waals surface area contributed by atoms with Crippen LogP contribution < -0.4 is 10.6 Å². The molecule has 0 bridgehead atoms. The first-order valence-electron chi connectivity index (χ1n) is 5.64. The predicted octanol–water partition coefficient (Wildman–Crippen LogP) is 0.127. The van der Waals surface area contributed by atoms with Crippen molar-refractivity contribution in [3.63, 3.8) is 0 Å². The standard InChI is InChI=1S/C10H13N7O3/c1-6-3-7(15-14-6)12-9(18)5-17-11-4-8(16-17)13-10(19)20-2/h3-4H,5H2,1-2H3,(H,13,16,19)(H2,12,14,15,18). The van der Waals surface area contributed by atoms with E-state index in [1.165, 1.54) is 13.3 Å². The lowest BCUT2D eigenvalue weighted by Crippen LogP contribution is -2.20. The van der Waals surface area contributed by atoms with E-state index in [-0.39, 0.29) is 18.3 Å². The number of ether oxygens (including phenoxy) is 1. The van der Waals surface area contributed by atoms with Gasteiger partial charge in [-0.25, -0.2) is 4.79 Å². The van der Waals surface area contributed by atoms with Crippen molar-refractivity contribution in [1.29, 1.82) is 0 Å². The third-order valence-corrected chi connectivity index (χ3v) is 2.21. The van der Waals surface area contributed by atoms with Crippen molar-refractivity contribution >= 4 is 23.6 Å². The van der Waals surface area contributed by atoms with Gasteiger partial charge in [0.1, 0.15) is 6.54 Å². The van der Waals surface area contributed by atoms with Crippen molar-refractivity contribution in [2.75, 3.05) is 17.7 Å². The van der Waals surface area contributed by atoms with Gasteiger partial charge >= 0.3 is 6.09 Å². The molecule has 0 spiro atoms. The van der Waals surface area contributed by atoms with E-state index in [1.54, 1.807) is 6.07 Å². The van der Waals surface area contributed by atoms with Gasteiger partial charge in [0.05, 0.1) is 13.3 Å². The summed E-state index contributed by atoms with van der Waals surface area (Å²) in [5.41, 5.74) is 0.835. The summed E-state index contributed by atoms with van der Waals surface area (Å²) in [6.07, 6.45) is 0.650. The Balaban J connectivity index is 1.89. The molecule has 0 unspecified atom stereocenters. The van der Waals surface area contributed by atoms with E-state index in [9.17, 15) is 9.59 Å². The van der Waals surface area contributed by atoms with Crippen LogP contribution in [0.5, 0.6) is 0 Å². The number of nitrogens with zero attached hydrogens (tertiary/aromatic N) is 4. The number of hydrogen-bond donors (Lipinski definition) is 3. The van der Waals surface area contributed by atoms with Gasteiger partial charge < -0.3 is 10.1 Å². The first-order valence-corrected chi connectivity index (χ1v) is 5.64. The van der Waals surface area contributed by atoms with Crippen molar-refractivity contribution in [3.05, 3.63) is 18.0 Å². The molecule has 0 fully saturated rings. The smallest absolute Gasteiger partial charge is 0.412 e. The fraction of sp³-hybridized carbons (Fsp3) is 0.300. The van der Waals surface area contributed by atoms with E-state index in [0.29, 0.717) is 5.82 Å². The summed E-state index contributed by atoms with van der Waals surface area (Å²) < 4.78 is 4.41. The van der Waals surface area contributed by atoms with E-state index in [4.69, 9.17) is 0 Å². The zero-order valence-corrected chi connectivity index (χ0v) is 10.9. The van der Waals surface area contributed by atoms with Crippen LogP contribution in [0.2, 0.25) is 0 Å². The number of methoxy groups -OCH3 is 1. The number of aryl methyl sites for hydroxylation is 1. The lowest BCUT2D eigenvalue weighted by Gasteiger charge is -2.00. The molecule has 10 heteroatoms. The lowest BCUT2D eigenvalue weighted by molar-refractivity contribution is -0.117. The average Bonchev–Trinajstić information content (AvgIpc) is 2.99. The van der Waals surface area contributed by atoms with Gasteiger partial charge in [-0.3, -0.25) is 15.2 Å². The number of carbonyl (C=O) groups excluding carboxylic acids is 2. The molecule has 0 saturated heterocycles. The summed E-state index contributed by atoms with van der Waals surface area (Å²) in [7, 11) is 1.24. The van der Waals surface area contributed by atoms with Crippen LogP contribution in [-0.4, -0.2) is 44.3 Å². The Morgan fingerprint density at radius 3 is 2.85 bits per heavy atom. The number of nitrogens with one attached hydrogen (secondary N) is 3. The zero-order valence-electron chi connectivity index (χ0n) is 10.9. The SMILES string of the molecule is COC(=O)Nc1cnn(CC(=O)Nc2cc(C)[nH]n2)n1. The minimum absolute atomic E-state index is 0.102. The average molecular weight is 279 g/mol. The maximum Gasteiger partial charge on any atom is 0.412 e. The number of aromatic amines is 1. The fourth-order valence-electron chi connectivity index (χ4n) is 1.38. The van der Waals surface area contributed by atoms with Gasteiger partial charge in [0.25, 0.3) is 0 Å². The molecule has 10 nitrogen and oxygen atoms in total. The Bertz CT molecular complexity index is 618. The maximum absolute atomic E-state index is 11.7. The molecule has 0 aliphatic rings. The molecule has 0 aromatic carbocycles. The van der Waals surface area contributed by atoms with E-state index in [1.807, 2.05) is 6.92 Å². The minimum Gasteiger partial charge on any atom is -0.453 e. The first-order chi connectivity index (χ1) is 9.56. The molecule has 106 valence electrons. The van der Waals surface area contributed by atoms with Crippen LogP contribution in [0.3, 0.4) is 0 Å². The Morgan fingerprint density at radius 1 is 1.40 bits per heavy atom. The minimum atomic E-state index is -0.659. The predicted molar refractivity (Wildman–Crippen MR) is 68.0 cm³/mol. The van der Waals surface area contributed by atoms with Crippen LogP contribution in [-0.2, 0) is 16.1 Å². The monoisotopic (exact) mass is 279 g/mol. The number of anilines is 2. The molecule has 0 radical (unpaired) electrons. The lowest BCUT2D eigenvalue weighted by atomic mass is 10.4. The van der Waals surface area contributed by atoms with Crippen LogP contribution in [0.4, 0.5) is 16.4 Å². The van der Waals surface area contributed by atoms with Gasteiger partial charge in [-0.2, -0.15) is 15.0 Å². The summed E-state index contributed by atoms with van der Waals surface area (Å²) in [6.45, 7) is 1.72. The van der Waals surface area contributed by atoms with Crippen molar-refractivity contribution in [2.24, 2.45) is 0 Å². The van der Waals surface area contributed by atoms with E-state index in [2.05, 4.69) is 35.8 Å². The van der Waals surface area contributed by atoms with Crippen LogP contribution in [0.15, 0.2) is 12.3 Å². The third-order valence-electron chi connectivity index (χ3n) is 2.21. The molecule has 0 aliphatic carbocycles. The summed E-state index contributed by atoms with van der Waals surface area (Å²) in [5.74, 6) is 0.282. The van der Waals surface area contributed by atoms with Crippen molar-refractivity contribution in [3.8, 4) is 0 Å². The van der Waals surface area contributed by atoms with Crippen LogP contribution in [0.1, 0.15) is 5.69 Å². The van der Waals surface area contributed by atoms with Crippen molar-refractivity contribution < 1.29 is 14.3 Å². The molecule has 2 aromatic rings. The van der Waals surface area contributed by atoms with Crippen molar-refractivity contribution in [1.82, 2.24) is 25.2 Å². The third kappa shape index (κ3) is 3.54. The summed E-state index contributed by atoms with van der Waals surface area (Å²) >= 11 is 0. The molecule has 2 amide bonds. The summed E-state index contributed by atoms with van der Waals surface area (Å²) in [5, 5.41) is 19.2. The van der Waals surface area contributed by atoms with Crippen LogP contribution in [0, 0.1) is 6.92 Å². The second kappa shape index (κ2) is 5.82. The van der Waals surface area contributed by atoms with Crippen molar-refractivity contribution in [2.45, 2.75) is 13.5 Å². The second-order valence-electron chi connectivity index (χ2n) is 3.86. The van der Waals surface area contributed by atoms with Gasteiger partial charge in [0.15, 0.2) is 11.6 Å². The maximum atomic E-state index is 11.7. The van der Waals surface area contributed by atoms with Gasteiger partial charge in [0.2, 0.25) is 5.91 Å². The number of H-pyrrole nitrogens is 1. The quantitative estimate of drug-likeness (QED) is 0.729. The summed E-state index contributed by atoms with van der Waals surface area (Å²) in [6, 6.07) is 1.69. The van der Waals surface area contributed by atoms with Crippen LogP contribution in [0.25, 0.3) is 0 Å². The number of amides is 2. The molecule has 0 atom stereocenters. The van der Waals surface area contributed by atoms with E-state index < -0.39 is 6.09 Å². The zero-order chi connectivity index (χ0) is 14.5. The molecule has 2 rings (SSSR count). The molecule has 0 aliphatic heterocycles. The molecular weight excluding hydrogens is 266 g/mol. The largest absolute Gasteiger partial charge is 0.453 e. The van der Waals surface area contributed by atoms with E-state index >= 15 is 0 Å². The Hall–Kier alpha value is -2.91. The highest BCUT2D eigenvalue weighted by atomic mass is 16.5. The fourth-order valence-corrected chi connectivity index (χ4v) is 1.38. The Labute approximate surface area is 113 Å². The molecule has 3 N–H and O–H groups in total. The first kappa shape index (κ1) is 13.5. The highest BCUT2D eigenvalue weighted by Gasteiger charge is 2.09. The molecule has 0 saturated carbocycles. The van der Waals surface area contributed by atoms with Gasteiger partial charge in [-0.05, 0) is 6.92 Å². The Morgan fingerprint density at radius 2 is 2.20 bits per heavy atom. The molecule has 2 aromatic heterocycles. The topological polar surface area (TPSA) is 127 Å². The van der Waals surface area contributed by atoms with Gasteiger partial charge in [0, 0.05) is 11.8 Å². The highest BCUT2D eigenvalue weighted by Crippen LogP contribution is 2.04. The normalized spacial score (nSPS) is 10.1. The second-order valence-corrected chi connectivity index (χ2v) is 3.86. The van der Waals surface area contributed by atoms with Gasteiger partial charge in [-0.1, -0.05) is 0 Å². The molecule has 2 heterocycles. The molecular formula is C10H13N7O3. The highest BCUT2D eigenvalue weighted by molar-refractivity contribution is 5.89. The number of carbonyl (C=O) groups is 2. The number of hydrogen-bond acceptors (Lipinski definition) is 6.